The number of esters is 1. The quantitative estimate of drug-likeness (QED) is 0.401. The minimum absolute atomic E-state index is 0.328. The molecule has 1 unspecified atom stereocenters. The lowest BCUT2D eigenvalue weighted by molar-refractivity contribution is -0.149. The van der Waals surface area contributed by atoms with Crippen LogP contribution in [0.1, 0.15) is 11.7 Å². The molecule has 0 bridgehead atoms. The molecule has 0 aliphatic heterocycles. The van der Waals surface area contributed by atoms with Gasteiger partial charge in [0.15, 0.2) is 0 Å². The first-order valence-electron chi connectivity index (χ1n) is 8.19. The third kappa shape index (κ3) is 5.10. The second-order valence-electron chi connectivity index (χ2n) is 5.72. The first-order valence-corrected chi connectivity index (χ1v) is 9.32. The Labute approximate surface area is 177 Å². The predicted molar refractivity (Wildman–Crippen MR) is 110 cm³/mol. The molecule has 3 aromatic carbocycles. The van der Waals surface area contributed by atoms with Crippen molar-refractivity contribution in [2.75, 3.05) is 7.11 Å². The maximum atomic E-state index is 12.2. The van der Waals surface area contributed by atoms with Crippen LogP contribution in [0, 0.1) is 0 Å². The summed E-state index contributed by atoms with van der Waals surface area (Å²) in [5.41, 5.74) is 0.598. The number of carbonyl (C=O) groups excluding carboxylic acids is 1. The van der Waals surface area contributed by atoms with E-state index < -0.39 is 12.1 Å². The van der Waals surface area contributed by atoms with Gasteiger partial charge in [-0.15, -0.1) is 0 Å². The van der Waals surface area contributed by atoms with E-state index >= 15 is 0 Å². The molecular formula is C21H15Cl3O4. The number of carbonyl (C=O) groups is 1. The molecule has 0 amide bonds. The monoisotopic (exact) mass is 436 g/mol. The number of benzene rings is 3. The number of ether oxygens (including phenoxy) is 3. The smallest absolute Gasteiger partial charge is 0.351 e. The second kappa shape index (κ2) is 9.20. The van der Waals surface area contributed by atoms with Crippen molar-refractivity contribution in [2.45, 2.75) is 6.10 Å². The average Bonchev–Trinajstić information content (AvgIpc) is 2.71. The molecule has 0 N–H and O–H groups in total. The van der Waals surface area contributed by atoms with Crippen LogP contribution in [-0.2, 0) is 9.53 Å². The molecule has 144 valence electrons. The van der Waals surface area contributed by atoms with Gasteiger partial charge in [0.1, 0.15) is 17.2 Å². The van der Waals surface area contributed by atoms with E-state index in [1.807, 2.05) is 0 Å². The summed E-state index contributed by atoms with van der Waals surface area (Å²) < 4.78 is 16.4. The third-order valence-corrected chi connectivity index (χ3v) is 4.78. The highest BCUT2D eigenvalue weighted by atomic mass is 35.5. The summed E-state index contributed by atoms with van der Waals surface area (Å²) in [4.78, 5) is 12.2. The first kappa shape index (κ1) is 20.3. The molecule has 4 nitrogen and oxygen atoms in total. The van der Waals surface area contributed by atoms with Crippen LogP contribution in [0.4, 0.5) is 0 Å². The van der Waals surface area contributed by atoms with Crippen LogP contribution in [0.5, 0.6) is 17.2 Å². The van der Waals surface area contributed by atoms with Crippen molar-refractivity contribution in [1.29, 1.82) is 0 Å². The lowest BCUT2D eigenvalue weighted by atomic mass is 10.1. The van der Waals surface area contributed by atoms with E-state index in [-0.39, 0.29) is 0 Å². The first-order chi connectivity index (χ1) is 13.5. The van der Waals surface area contributed by atoms with Crippen LogP contribution >= 0.6 is 34.8 Å². The van der Waals surface area contributed by atoms with Crippen LogP contribution in [0.15, 0.2) is 66.7 Å². The Hall–Kier alpha value is -2.40. The van der Waals surface area contributed by atoms with Crippen molar-refractivity contribution in [2.24, 2.45) is 0 Å². The number of hydrogen-bond acceptors (Lipinski definition) is 4. The molecule has 0 saturated heterocycles. The minimum atomic E-state index is -0.966. The molecule has 0 spiro atoms. The summed E-state index contributed by atoms with van der Waals surface area (Å²) in [6, 6.07) is 18.7. The molecule has 0 saturated carbocycles. The van der Waals surface area contributed by atoms with Gasteiger partial charge < -0.3 is 14.2 Å². The highest BCUT2D eigenvalue weighted by Crippen LogP contribution is 2.31. The summed E-state index contributed by atoms with van der Waals surface area (Å²) in [7, 11) is 1.30. The van der Waals surface area contributed by atoms with Crippen LogP contribution in [0.2, 0.25) is 15.1 Å². The zero-order valence-electron chi connectivity index (χ0n) is 14.7. The fourth-order valence-corrected chi connectivity index (χ4v) is 2.81. The van der Waals surface area contributed by atoms with Gasteiger partial charge in [-0.1, -0.05) is 46.9 Å². The van der Waals surface area contributed by atoms with Gasteiger partial charge in [0, 0.05) is 16.7 Å². The van der Waals surface area contributed by atoms with Crippen LogP contribution in [0.25, 0.3) is 0 Å². The maximum absolute atomic E-state index is 12.2. The lowest BCUT2D eigenvalue weighted by Crippen LogP contribution is -2.20. The lowest BCUT2D eigenvalue weighted by Gasteiger charge is -2.18. The van der Waals surface area contributed by atoms with Crippen molar-refractivity contribution in [3.63, 3.8) is 0 Å². The van der Waals surface area contributed by atoms with Crippen molar-refractivity contribution in [1.82, 2.24) is 0 Å². The fourth-order valence-electron chi connectivity index (χ4n) is 2.39. The van der Waals surface area contributed by atoms with Crippen molar-refractivity contribution in [3.8, 4) is 17.2 Å². The van der Waals surface area contributed by atoms with Gasteiger partial charge in [-0.2, -0.15) is 0 Å². The SMILES string of the molecule is COC(=O)C(Oc1ccc(Cl)c(Cl)c1)c1ccc(Oc2ccc(Cl)cc2)cc1. The Morgan fingerprint density at radius 2 is 1.36 bits per heavy atom. The molecule has 3 rings (SSSR count). The van der Waals surface area contributed by atoms with Gasteiger partial charge in [-0.25, -0.2) is 4.79 Å². The zero-order valence-corrected chi connectivity index (χ0v) is 17.0. The highest BCUT2D eigenvalue weighted by Gasteiger charge is 2.24. The van der Waals surface area contributed by atoms with Gasteiger partial charge in [-0.3, -0.25) is 0 Å². The van der Waals surface area contributed by atoms with Crippen LogP contribution in [0.3, 0.4) is 0 Å². The summed E-state index contributed by atoms with van der Waals surface area (Å²) in [6.45, 7) is 0. The summed E-state index contributed by atoms with van der Waals surface area (Å²) >= 11 is 17.8. The van der Waals surface area contributed by atoms with Crippen LogP contribution < -0.4 is 9.47 Å². The maximum Gasteiger partial charge on any atom is 0.351 e. The fraction of sp³-hybridized carbons (Fsp3) is 0.0952. The van der Waals surface area contributed by atoms with E-state index in [1.165, 1.54) is 13.2 Å². The van der Waals surface area contributed by atoms with Gasteiger partial charge in [0.05, 0.1) is 17.2 Å². The van der Waals surface area contributed by atoms with Gasteiger partial charge in [-0.05, 0) is 48.5 Å². The molecule has 28 heavy (non-hydrogen) atoms. The topological polar surface area (TPSA) is 44.8 Å². The van der Waals surface area contributed by atoms with Crippen molar-refractivity contribution in [3.05, 3.63) is 87.4 Å². The molecule has 0 heterocycles. The molecule has 7 heteroatoms. The standard InChI is InChI=1S/C21H15Cl3O4/c1-26-21(25)20(28-17-10-11-18(23)19(24)12-17)13-2-6-15(7-3-13)27-16-8-4-14(22)5-9-16/h2-12,20H,1H3. The zero-order chi connectivity index (χ0) is 20.1. The predicted octanol–water partition coefficient (Wildman–Crippen LogP) is 6.73. The molecule has 0 aliphatic rings. The molecule has 0 aliphatic carbocycles. The van der Waals surface area contributed by atoms with E-state index in [1.54, 1.807) is 60.7 Å². The summed E-state index contributed by atoms with van der Waals surface area (Å²) in [5.74, 6) is 1.10. The van der Waals surface area contributed by atoms with E-state index in [0.29, 0.717) is 37.9 Å². The van der Waals surface area contributed by atoms with Gasteiger partial charge in [0.25, 0.3) is 0 Å². The van der Waals surface area contributed by atoms with Gasteiger partial charge >= 0.3 is 5.97 Å². The number of methoxy groups -OCH3 is 1. The normalized spacial score (nSPS) is 11.6. The van der Waals surface area contributed by atoms with Gasteiger partial charge in [0.2, 0.25) is 6.10 Å². The summed E-state index contributed by atoms with van der Waals surface area (Å²) in [5, 5.41) is 1.35. The van der Waals surface area contributed by atoms with E-state index in [0.717, 1.165) is 0 Å². The molecular weight excluding hydrogens is 423 g/mol. The molecule has 3 aromatic rings. The van der Waals surface area contributed by atoms with Crippen LogP contribution in [-0.4, -0.2) is 13.1 Å². The molecule has 0 fully saturated rings. The van der Waals surface area contributed by atoms with E-state index in [4.69, 9.17) is 49.0 Å². The van der Waals surface area contributed by atoms with Crippen molar-refractivity contribution >= 4 is 40.8 Å². The number of halogens is 3. The molecule has 0 aromatic heterocycles. The third-order valence-electron chi connectivity index (χ3n) is 3.79. The minimum Gasteiger partial charge on any atom is -0.474 e. The molecule has 0 radical (unpaired) electrons. The second-order valence-corrected chi connectivity index (χ2v) is 6.97. The molecule has 1 atom stereocenters. The Kier molecular flexibility index (Phi) is 6.68. The number of rotatable bonds is 6. The average molecular weight is 438 g/mol. The Morgan fingerprint density at radius 3 is 1.93 bits per heavy atom. The Balaban J connectivity index is 1.79. The summed E-state index contributed by atoms with van der Waals surface area (Å²) in [6.07, 6.45) is -0.966. The highest BCUT2D eigenvalue weighted by molar-refractivity contribution is 6.42. The Bertz CT molecular complexity index is 956. The van der Waals surface area contributed by atoms with E-state index in [2.05, 4.69) is 0 Å². The van der Waals surface area contributed by atoms with E-state index in [9.17, 15) is 4.79 Å². The number of hydrogen-bond donors (Lipinski definition) is 0. The Morgan fingerprint density at radius 1 is 0.786 bits per heavy atom. The largest absolute Gasteiger partial charge is 0.474 e. The van der Waals surface area contributed by atoms with Crippen molar-refractivity contribution < 1.29 is 19.0 Å².